The Morgan fingerprint density at radius 2 is 1.71 bits per heavy atom. The van der Waals surface area contributed by atoms with Gasteiger partial charge in [-0.3, -0.25) is 0 Å². The third kappa shape index (κ3) is 4.04. The van der Waals surface area contributed by atoms with Gasteiger partial charge in [0, 0.05) is 12.6 Å². The summed E-state index contributed by atoms with van der Waals surface area (Å²) in [5.41, 5.74) is 11.9. The molecule has 0 saturated heterocycles. The van der Waals surface area contributed by atoms with Gasteiger partial charge >= 0.3 is 0 Å². The normalized spacial score (nSPS) is 45.3. The first kappa shape index (κ1) is 21.1. The summed E-state index contributed by atoms with van der Waals surface area (Å²) in [6.45, 7) is 6.15. The van der Waals surface area contributed by atoms with Crippen LogP contribution < -0.4 is 16.8 Å². The number of nitrogens with one attached hydrogen (secondary N) is 1. The minimum absolute atomic E-state index is 0.515. The highest BCUT2D eigenvalue weighted by Crippen LogP contribution is 2.62. The van der Waals surface area contributed by atoms with Crippen molar-refractivity contribution in [3.63, 3.8) is 0 Å². The Kier molecular flexibility index (Phi) is 7.02. The molecule has 4 nitrogen and oxygen atoms in total. The molecular formula is C24H45N3O. The fraction of sp³-hybridized carbons (Fsp3) is 1.00. The van der Waals surface area contributed by atoms with Gasteiger partial charge < -0.3 is 21.5 Å². The summed E-state index contributed by atoms with van der Waals surface area (Å²) in [5, 5.41) is 3.90. The van der Waals surface area contributed by atoms with E-state index in [2.05, 4.69) is 12.2 Å². The molecule has 8 atom stereocenters. The monoisotopic (exact) mass is 391 g/mol. The van der Waals surface area contributed by atoms with Crippen LogP contribution in [-0.4, -0.2) is 38.4 Å². The van der Waals surface area contributed by atoms with Crippen molar-refractivity contribution in [1.29, 1.82) is 0 Å². The number of rotatable bonds is 8. The Morgan fingerprint density at radius 3 is 2.54 bits per heavy atom. The summed E-state index contributed by atoms with van der Waals surface area (Å²) in [6, 6.07) is 0.731. The van der Waals surface area contributed by atoms with Crippen LogP contribution in [0.5, 0.6) is 0 Å². The van der Waals surface area contributed by atoms with Crippen molar-refractivity contribution in [1.82, 2.24) is 5.32 Å². The molecule has 0 amide bonds. The Balaban J connectivity index is 1.35. The number of fused-ring (bicyclic) bond motifs is 5. The third-order valence-electron chi connectivity index (χ3n) is 9.38. The van der Waals surface area contributed by atoms with E-state index in [0.29, 0.717) is 11.5 Å². The second-order valence-electron chi connectivity index (χ2n) is 10.7. The summed E-state index contributed by atoms with van der Waals surface area (Å²) in [4.78, 5) is 0. The smallest absolute Gasteiger partial charge is 0.0578 e. The molecule has 4 heteroatoms. The van der Waals surface area contributed by atoms with Crippen molar-refractivity contribution in [3.05, 3.63) is 0 Å². The molecule has 0 aromatic carbocycles. The van der Waals surface area contributed by atoms with Crippen LogP contribution in [0.25, 0.3) is 0 Å². The van der Waals surface area contributed by atoms with Gasteiger partial charge in [-0.05, 0) is 125 Å². The minimum Gasteiger partial charge on any atom is -0.378 e. The summed E-state index contributed by atoms with van der Waals surface area (Å²) >= 11 is 0. The quantitative estimate of drug-likeness (QED) is 0.552. The van der Waals surface area contributed by atoms with E-state index >= 15 is 0 Å². The van der Waals surface area contributed by atoms with Crippen molar-refractivity contribution in [2.45, 2.75) is 89.7 Å². The summed E-state index contributed by atoms with van der Waals surface area (Å²) < 4.78 is 6.16. The summed E-state index contributed by atoms with van der Waals surface area (Å²) in [5.74, 6) is 4.88. The molecule has 5 N–H and O–H groups in total. The second kappa shape index (κ2) is 9.32. The highest BCUT2D eigenvalue weighted by atomic mass is 16.5. The van der Waals surface area contributed by atoms with E-state index in [1.165, 1.54) is 57.8 Å². The molecule has 0 aromatic rings. The maximum absolute atomic E-state index is 6.16. The molecule has 4 aliphatic carbocycles. The van der Waals surface area contributed by atoms with E-state index in [9.17, 15) is 0 Å². The molecule has 1 unspecified atom stereocenters. The highest BCUT2D eigenvalue weighted by molar-refractivity contribution is 5.08. The molecule has 0 radical (unpaired) electrons. The average molecular weight is 392 g/mol. The highest BCUT2D eigenvalue weighted by Gasteiger charge is 2.56. The zero-order chi connectivity index (χ0) is 19.6. The Morgan fingerprint density at radius 1 is 0.893 bits per heavy atom. The lowest BCUT2D eigenvalue weighted by Gasteiger charge is -2.56. The maximum atomic E-state index is 6.16. The third-order valence-corrected chi connectivity index (χ3v) is 9.38. The van der Waals surface area contributed by atoms with Crippen LogP contribution in [0.1, 0.15) is 77.6 Å². The van der Waals surface area contributed by atoms with Crippen LogP contribution in [0.4, 0.5) is 0 Å². The predicted molar refractivity (Wildman–Crippen MR) is 116 cm³/mol. The van der Waals surface area contributed by atoms with Gasteiger partial charge in [-0.1, -0.05) is 6.92 Å². The Bertz CT molecular complexity index is 500. The number of ether oxygens (including phenoxy) is 1. The Hall–Kier alpha value is -0.160. The van der Waals surface area contributed by atoms with Crippen molar-refractivity contribution >= 4 is 0 Å². The van der Waals surface area contributed by atoms with Gasteiger partial charge in [0.05, 0.1) is 6.10 Å². The van der Waals surface area contributed by atoms with Gasteiger partial charge in [0.1, 0.15) is 0 Å². The molecule has 0 spiro atoms. The zero-order valence-corrected chi connectivity index (χ0v) is 18.2. The second-order valence-corrected chi connectivity index (χ2v) is 10.7. The molecular weight excluding hydrogens is 346 g/mol. The molecule has 4 fully saturated rings. The fourth-order valence-electron chi connectivity index (χ4n) is 8.01. The SMILES string of the molecule is C[C@]12CC[C@H]3[C@@H](CC[C@H]4C[C@@H](OCCCN)CC[C@@H]43)[C@@H]1CCC2NCCCN. The van der Waals surface area contributed by atoms with Crippen molar-refractivity contribution in [3.8, 4) is 0 Å². The molecule has 0 aromatic heterocycles. The zero-order valence-electron chi connectivity index (χ0n) is 18.2. The Labute approximate surface area is 172 Å². The van der Waals surface area contributed by atoms with Crippen molar-refractivity contribution < 1.29 is 4.74 Å². The van der Waals surface area contributed by atoms with E-state index in [0.717, 1.165) is 74.7 Å². The first-order chi connectivity index (χ1) is 13.7. The summed E-state index contributed by atoms with van der Waals surface area (Å²) in [7, 11) is 0. The van der Waals surface area contributed by atoms with E-state index in [1.807, 2.05) is 0 Å². The van der Waals surface area contributed by atoms with Gasteiger partial charge in [-0.2, -0.15) is 0 Å². The van der Waals surface area contributed by atoms with Crippen molar-refractivity contribution in [2.24, 2.45) is 46.5 Å². The fourth-order valence-corrected chi connectivity index (χ4v) is 8.01. The van der Waals surface area contributed by atoms with E-state index in [-0.39, 0.29) is 0 Å². The molecule has 28 heavy (non-hydrogen) atoms. The summed E-state index contributed by atoms with van der Waals surface area (Å²) in [6.07, 6.45) is 15.4. The van der Waals surface area contributed by atoms with E-state index in [1.54, 1.807) is 0 Å². The van der Waals surface area contributed by atoms with Gasteiger partial charge in [0.25, 0.3) is 0 Å². The number of hydrogen-bond acceptors (Lipinski definition) is 4. The lowest BCUT2D eigenvalue weighted by Crippen LogP contribution is -2.52. The van der Waals surface area contributed by atoms with Gasteiger partial charge in [-0.25, -0.2) is 0 Å². The van der Waals surface area contributed by atoms with Crippen LogP contribution >= 0.6 is 0 Å². The molecule has 0 aliphatic heterocycles. The lowest BCUT2D eigenvalue weighted by molar-refractivity contribution is -0.0843. The van der Waals surface area contributed by atoms with Crippen LogP contribution in [0.3, 0.4) is 0 Å². The van der Waals surface area contributed by atoms with Crippen LogP contribution in [0.2, 0.25) is 0 Å². The minimum atomic E-state index is 0.515. The van der Waals surface area contributed by atoms with E-state index < -0.39 is 0 Å². The first-order valence-electron chi connectivity index (χ1n) is 12.4. The first-order valence-corrected chi connectivity index (χ1v) is 12.4. The molecule has 162 valence electrons. The lowest BCUT2D eigenvalue weighted by atomic mass is 9.50. The largest absolute Gasteiger partial charge is 0.378 e. The standard InChI is InChI=1S/C24H45N3O/c1-24-11-10-20-19-7-5-18(28-15-3-13-26)16-17(19)4-6-21(20)22(24)8-9-23(24)27-14-2-12-25/h17-23,27H,2-16,25-26H2,1H3/t17-,18-,19-,20+,21+,22-,23?,24-/m0/s1. The molecule has 0 heterocycles. The van der Waals surface area contributed by atoms with Gasteiger partial charge in [0.2, 0.25) is 0 Å². The van der Waals surface area contributed by atoms with Crippen LogP contribution in [-0.2, 0) is 4.74 Å². The predicted octanol–water partition coefficient (Wildman–Crippen LogP) is 3.68. The average Bonchev–Trinajstić information content (AvgIpc) is 3.04. The van der Waals surface area contributed by atoms with Crippen molar-refractivity contribution in [2.75, 3.05) is 26.2 Å². The molecule has 4 rings (SSSR count). The molecule has 4 aliphatic rings. The van der Waals surface area contributed by atoms with E-state index in [4.69, 9.17) is 16.2 Å². The number of nitrogens with two attached hydrogens (primary N) is 2. The van der Waals surface area contributed by atoms with Gasteiger partial charge in [-0.15, -0.1) is 0 Å². The number of hydrogen-bond donors (Lipinski definition) is 3. The van der Waals surface area contributed by atoms with Gasteiger partial charge in [0.15, 0.2) is 0 Å². The molecule has 0 bridgehead atoms. The molecule has 4 saturated carbocycles. The van der Waals surface area contributed by atoms with Crippen LogP contribution in [0, 0.1) is 35.0 Å². The van der Waals surface area contributed by atoms with Crippen LogP contribution in [0.15, 0.2) is 0 Å². The topological polar surface area (TPSA) is 73.3 Å². The maximum Gasteiger partial charge on any atom is 0.0578 e.